The fourth-order valence-electron chi connectivity index (χ4n) is 4.73. The minimum Gasteiger partial charge on any atom is -0.472 e. The van der Waals surface area contributed by atoms with E-state index >= 15 is 0 Å². The first-order chi connectivity index (χ1) is 17.9. The molecule has 3 atom stereocenters. The van der Waals surface area contributed by atoms with Gasteiger partial charge in [-0.15, -0.1) is 0 Å². The lowest BCUT2D eigenvalue weighted by Crippen LogP contribution is -2.45. The normalized spacial score (nSPS) is 19.5. The summed E-state index contributed by atoms with van der Waals surface area (Å²) in [6.45, 7) is 14.3. The maximum Gasteiger partial charge on any atom is 0.213 e. The van der Waals surface area contributed by atoms with Crippen LogP contribution in [-0.2, 0) is 11.0 Å². The zero-order valence-corrected chi connectivity index (χ0v) is 26.0. The minimum atomic E-state index is -2.02. The van der Waals surface area contributed by atoms with Crippen LogP contribution in [-0.4, -0.2) is 44.0 Å². The molecular weight excluding hydrogens is 555 g/mol. The van der Waals surface area contributed by atoms with Crippen LogP contribution in [0.1, 0.15) is 37.8 Å². The monoisotopic (exact) mass is 590 g/mol. The summed E-state index contributed by atoms with van der Waals surface area (Å²) in [7, 11) is -2.02. The highest BCUT2D eigenvalue weighted by Gasteiger charge is 2.43. The summed E-state index contributed by atoms with van der Waals surface area (Å²) in [6, 6.07) is 20.0. The van der Waals surface area contributed by atoms with E-state index in [1.54, 1.807) is 12.3 Å². The van der Waals surface area contributed by atoms with Gasteiger partial charge in [0.25, 0.3) is 0 Å². The maximum atomic E-state index is 6.78. The Morgan fingerprint density at radius 2 is 1.68 bits per heavy atom. The quantitative estimate of drug-likeness (QED) is 0.233. The second-order valence-corrected chi connectivity index (χ2v) is 17.7. The molecule has 1 fully saturated rings. The second kappa shape index (κ2) is 12.3. The minimum absolute atomic E-state index is 0.0873. The first kappa shape index (κ1) is 29.4. The highest BCUT2D eigenvalue weighted by atomic mass is 35.5. The number of nitrogens with zero attached hydrogens (tertiary/aromatic N) is 2. The number of aromatic nitrogens is 1. The molecule has 2 heterocycles. The summed E-state index contributed by atoms with van der Waals surface area (Å²) in [5.74, 6) is 0.809. The second-order valence-electron chi connectivity index (χ2n) is 11.7. The number of halogens is 3. The van der Waals surface area contributed by atoms with Gasteiger partial charge >= 0.3 is 0 Å². The Kier molecular flexibility index (Phi) is 9.50. The molecule has 1 aliphatic rings. The van der Waals surface area contributed by atoms with E-state index in [1.165, 1.54) is 5.56 Å². The van der Waals surface area contributed by atoms with Gasteiger partial charge in [-0.05, 0) is 47.5 Å². The smallest absolute Gasteiger partial charge is 0.213 e. The van der Waals surface area contributed by atoms with Crippen LogP contribution >= 0.6 is 34.8 Å². The maximum absolute atomic E-state index is 6.78. The molecule has 0 spiro atoms. The van der Waals surface area contributed by atoms with E-state index in [-0.39, 0.29) is 23.0 Å². The predicted octanol–water partition coefficient (Wildman–Crippen LogP) is 8.73. The van der Waals surface area contributed by atoms with Crippen LogP contribution in [0.2, 0.25) is 33.2 Å². The van der Waals surface area contributed by atoms with Gasteiger partial charge in [0.15, 0.2) is 8.32 Å². The van der Waals surface area contributed by atoms with Gasteiger partial charge in [-0.25, -0.2) is 4.98 Å². The Morgan fingerprint density at radius 1 is 0.974 bits per heavy atom. The fourth-order valence-corrected chi connectivity index (χ4v) is 6.41. The van der Waals surface area contributed by atoms with Gasteiger partial charge in [-0.1, -0.05) is 92.0 Å². The standard InChI is InChI=1S/C30H37Cl3N2O2Si/c1-30(2,3)38(4,5)36-20-28(37-29-14-12-23(32)16-34-29)26-19-35(17-21-9-7-6-8-10-21)18-25(26)24-13-11-22(31)15-27(24)33/h6-16,25-26,28H,17-20H2,1-5H3/t25-,26+,28+/m1/s1. The van der Waals surface area contributed by atoms with Crippen LogP contribution in [0.5, 0.6) is 5.88 Å². The third-order valence-corrected chi connectivity index (χ3v) is 13.2. The molecule has 0 unspecified atom stereocenters. The lowest BCUT2D eigenvalue weighted by Gasteiger charge is -2.38. The summed E-state index contributed by atoms with van der Waals surface area (Å²) in [5.41, 5.74) is 2.37. The number of ether oxygens (including phenoxy) is 1. The first-order valence-corrected chi connectivity index (χ1v) is 17.1. The van der Waals surface area contributed by atoms with Gasteiger partial charge in [-0.3, -0.25) is 4.90 Å². The summed E-state index contributed by atoms with van der Waals surface area (Å²) in [4.78, 5) is 6.92. The van der Waals surface area contributed by atoms with Gasteiger partial charge in [0.1, 0.15) is 6.10 Å². The van der Waals surface area contributed by atoms with Crippen molar-refractivity contribution in [2.75, 3.05) is 19.7 Å². The predicted molar refractivity (Wildman–Crippen MR) is 161 cm³/mol. The molecule has 1 saturated heterocycles. The fraction of sp³-hybridized carbons (Fsp3) is 0.433. The van der Waals surface area contributed by atoms with Crippen molar-refractivity contribution < 1.29 is 9.16 Å². The lowest BCUT2D eigenvalue weighted by atomic mass is 9.85. The van der Waals surface area contributed by atoms with Crippen molar-refractivity contribution in [2.24, 2.45) is 5.92 Å². The summed E-state index contributed by atoms with van der Waals surface area (Å²) >= 11 is 19.2. The molecule has 0 aliphatic carbocycles. The summed E-state index contributed by atoms with van der Waals surface area (Å²) in [5, 5.41) is 1.98. The van der Waals surface area contributed by atoms with Crippen molar-refractivity contribution in [1.29, 1.82) is 0 Å². The molecule has 8 heteroatoms. The van der Waals surface area contributed by atoms with Gasteiger partial charge in [0.05, 0.1) is 11.6 Å². The molecule has 3 aromatic rings. The first-order valence-electron chi connectivity index (χ1n) is 13.1. The Bertz CT molecular complexity index is 1200. The molecule has 0 N–H and O–H groups in total. The Morgan fingerprint density at radius 3 is 2.32 bits per heavy atom. The van der Waals surface area contributed by atoms with Gasteiger partial charge in [0.2, 0.25) is 5.88 Å². The molecule has 204 valence electrons. The SMILES string of the molecule is CC(C)(C)[Si](C)(C)OC[C@H](Oc1ccc(Cl)cn1)[C@H]1CN(Cc2ccccc2)C[C@@H]1c1ccc(Cl)cc1Cl. The van der Waals surface area contributed by atoms with E-state index in [0.717, 1.165) is 25.2 Å². The van der Waals surface area contributed by atoms with E-state index < -0.39 is 8.32 Å². The molecule has 4 nitrogen and oxygen atoms in total. The summed E-state index contributed by atoms with van der Waals surface area (Å²) in [6.07, 6.45) is 1.39. The van der Waals surface area contributed by atoms with Crippen molar-refractivity contribution in [1.82, 2.24) is 9.88 Å². The molecule has 38 heavy (non-hydrogen) atoms. The van der Waals surface area contributed by atoms with E-state index in [1.807, 2.05) is 24.3 Å². The van der Waals surface area contributed by atoms with Gasteiger partial charge in [-0.2, -0.15) is 0 Å². The van der Waals surface area contributed by atoms with E-state index in [4.69, 9.17) is 44.0 Å². The zero-order valence-electron chi connectivity index (χ0n) is 22.8. The van der Waals surface area contributed by atoms with E-state index in [9.17, 15) is 0 Å². The molecule has 1 aromatic heterocycles. The number of rotatable bonds is 9. The number of likely N-dealkylation sites (tertiary alicyclic amines) is 1. The van der Waals surface area contributed by atoms with Crippen LogP contribution in [0.4, 0.5) is 0 Å². The Labute approximate surface area is 243 Å². The topological polar surface area (TPSA) is 34.6 Å². The molecule has 0 saturated carbocycles. The molecular formula is C30H37Cl3N2O2Si. The average Bonchev–Trinajstić information content (AvgIpc) is 3.26. The molecule has 2 aromatic carbocycles. The van der Waals surface area contributed by atoms with Crippen LogP contribution in [0.25, 0.3) is 0 Å². The number of hydrogen-bond donors (Lipinski definition) is 0. The molecule has 0 radical (unpaired) electrons. The molecule has 4 rings (SSSR count). The van der Waals surface area contributed by atoms with Crippen molar-refractivity contribution in [3.63, 3.8) is 0 Å². The Hall–Kier alpha value is -1.60. The van der Waals surface area contributed by atoms with Crippen molar-refractivity contribution >= 4 is 43.1 Å². The third-order valence-electron chi connectivity index (χ3n) is 7.92. The van der Waals surface area contributed by atoms with Crippen LogP contribution in [0, 0.1) is 5.92 Å². The van der Waals surface area contributed by atoms with Crippen molar-refractivity contribution in [3.05, 3.63) is 93.1 Å². The molecule has 0 bridgehead atoms. The number of benzene rings is 2. The highest BCUT2D eigenvalue weighted by Crippen LogP contribution is 2.42. The molecule has 1 aliphatic heterocycles. The number of pyridine rings is 1. The van der Waals surface area contributed by atoms with Crippen LogP contribution < -0.4 is 4.74 Å². The number of hydrogen-bond acceptors (Lipinski definition) is 4. The van der Waals surface area contributed by atoms with Crippen molar-refractivity contribution in [2.45, 2.75) is 57.5 Å². The average molecular weight is 592 g/mol. The largest absolute Gasteiger partial charge is 0.472 e. The third kappa shape index (κ3) is 7.32. The lowest BCUT2D eigenvalue weighted by molar-refractivity contribution is 0.0650. The van der Waals surface area contributed by atoms with Crippen LogP contribution in [0.15, 0.2) is 66.9 Å². The zero-order chi connectivity index (χ0) is 27.5. The van der Waals surface area contributed by atoms with E-state index in [0.29, 0.717) is 27.6 Å². The van der Waals surface area contributed by atoms with Crippen LogP contribution in [0.3, 0.4) is 0 Å². The van der Waals surface area contributed by atoms with Gasteiger partial charge in [0, 0.05) is 53.8 Å². The van der Waals surface area contributed by atoms with Crippen molar-refractivity contribution in [3.8, 4) is 5.88 Å². The van der Waals surface area contributed by atoms with E-state index in [2.05, 4.69) is 74.1 Å². The van der Waals surface area contributed by atoms with Gasteiger partial charge < -0.3 is 9.16 Å². The molecule has 0 amide bonds. The summed E-state index contributed by atoms with van der Waals surface area (Å²) < 4.78 is 13.3. The Balaban J connectivity index is 1.67. The highest BCUT2D eigenvalue weighted by molar-refractivity contribution is 6.74.